The first kappa shape index (κ1) is 16.1. The quantitative estimate of drug-likeness (QED) is 0.766. The second kappa shape index (κ2) is 5.29. The summed E-state index contributed by atoms with van der Waals surface area (Å²) >= 11 is 0. The van der Waals surface area contributed by atoms with Crippen LogP contribution in [0, 0.1) is 12.7 Å². The van der Waals surface area contributed by atoms with E-state index >= 15 is 0 Å². The summed E-state index contributed by atoms with van der Waals surface area (Å²) in [6, 6.07) is 2.52. The Morgan fingerprint density at radius 1 is 1.48 bits per heavy atom. The zero-order valence-electron chi connectivity index (χ0n) is 14.7. The van der Waals surface area contributed by atoms with E-state index < -0.39 is 11.7 Å². The summed E-state index contributed by atoms with van der Waals surface area (Å²) < 4.78 is 15.6. The molecule has 0 spiro atoms. The molecule has 1 fully saturated rings. The van der Waals surface area contributed by atoms with Crippen molar-refractivity contribution < 1.29 is 9.18 Å². The fourth-order valence-corrected chi connectivity index (χ4v) is 4.28. The van der Waals surface area contributed by atoms with E-state index in [4.69, 9.17) is 5.73 Å². The number of halogens is 1. The number of likely N-dealkylation sites (tertiary alicyclic amines) is 1. The molecule has 0 radical (unpaired) electrons. The summed E-state index contributed by atoms with van der Waals surface area (Å²) in [5, 5.41) is 3.31. The van der Waals surface area contributed by atoms with Crippen LogP contribution < -0.4 is 5.73 Å². The number of H-pyrrole nitrogens is 1. The van der Waals surface area contributed by atoms with E-state index in [1.54, 1.807) is 4.52 Å². The number of benzene rings is 1. The SMILES string of the molecule is CCN1CCC(C)(c2c(C)[nH]n3c2nc2cc(F)cc(C(N)=O)c23)C1. The van der Waals surface area contributed by atoms with E-state index in [0.717, 1.165) is 43.0 Å². The molecule has 1 unspecified atom stereocenters. The van der Waals surface area contributed by atoms with Crippen LogP contribution in [0.25, 0.3) is 16.7 Å². The average Bonchev–Trinajstić information content (AvgIpc) is 3.17. The number of imidazole rings is 1. The number of carbonyl (C=O) groups excluding carboxylic acids is 1. The molecule has 1 aliphatic rings. The Labute approximate surface area is 144 Å². The number of nitrogens with one attached hydrogen (secondary N) is 1. The number of nitrogens with two attached hydrogens (primary N) is 1. The van der Waals surface area contributed by atoms with Gasteiger partial charge in [-0.1, -0.05) is 13.8 Å². The molecule has 1 aliphatic heterocycles. The molecule has 132 valence electrons. The Hall–Kier alpha value is -2.41. The number of nitrogens with zero attached hydrogens (tertiary/aromatic N) is 3. The molecule has 6 nitrogen and oxygen atoms in total. The first-order valence-electron chi connectivity index (χ1n) is 8.57. The maximum absolute atomic E-state index is 13.9. The van der Waals surface area contributed by atoms with Gasteiger partial charge >= 0.3 is 0 Å². The van der Waals surface area contributed by atoms with Gasteiger partial charge in [0.25, 0.3) is 5.91 Å². The highest BCUT2D eigenvalue weighted by atomic mass is 19.1. The van der Waals surface area contributed by atoms with E-state index in [9.17, 15) is 9.18 Å². The van der Waals surface area contributed by atoms with Gasteiger partial charge < -0.3 is 10.6 Å². The van der Waals surface area contributed by atoms with Crippen LogP contribution in [-0.4, -0.2) is 45.0 Å². The number of hydrogen-bond donors (Lipinski definition) is 2. The highest BCUT2D eigenvalue weighted by Gasteiger charge is 2.39. The molecule has 3 aromatic rings. The van der Waals surface area contributed by atoms with Crippen LogP contribution in [0.5, 0.6) is 0 Å². The normalized spacial score (nSPS) is 21.6. The third-order valence-corrected chi connectivity index (χ3v) is 5.46. The molecule has 25 heavy (non-hydrogen) atoms. The van der Waals surface area contributed by atoms with Gasteiger partial charge in [0.15, 0.2) is 5.65 Å². The van der Waals surface area contributed by atoms with Gasteiger partial charge in [-0.15, -0.1) is 0 Å². The van der Waals surface area contributed by atoms with Crippen molar-refractivity contribution in [2.24, 2.45) is 5.73 Å². The molecular formula is C18H22FN5O. The summed E-state index contributed by atoms with van der Waals surface area (Å²) in [6.07, 6.45) is 1.04. The zero-order valence-corrected chi connectivity index (χ0v) is 14.7. The van der Waals surface area contributed by atoms with E-state index in [1.807, 2.05) is 6.92 Å². The van der Waals surface area contributed by atoms with Gasteiger partial charge in [0.1, 0.15) is 11.3 Å². The van der Waals surface area contributed by atoms with Gasteiger partial charge in [-0.05, 0) is 32.5 Å². The Morgan fingerprint density at radius 2 is 2.24 bits per heavy atom. The number of hydrogen-bond acceptors (Lipinski definition) is 3. The predicted octanol–water partition coefficient (Wildman–Crippen LogP) is 2.35. The van der Waals surface area contributed by atoms with Gasteiger partial charge in [-0.25, -0.2) is 13.9 Å². The highest BCUT2D eigenvalue weighted by molar-refractivity contribution is 6.05. The van der Waals surface area contributed by atoms with Crippen molar-refractivity contribution in [1.29, 1.82) is 0 Å². The number of primary amides is 1. The monoisotopic (exact) mass is 343 g/mol. The lowest BCUT2D eigenvalue weighted by Gasteiger charge is -2.24. The van der Waals surface area contributed by atoms with Crippen molar-refractivity contribution in [3.63, 3.8) is 0 Å². The molecule has 3 heterocycles. The van der Waals surface area contributed by atoms with Crippen LogP contribution in [0.2, 0.25) is 0 Å². The second-order valence-electron chi connectivity index (χ2n) is 7.25. The van der Waals surface area contributed by atoms with Crippen LogP contribution in [0.4, 0.5) is 4.39 Å². The maximum atomic E-state index is 13.9. The molecule has 1 aromatic carbocycles. The molecule has 7 heteroatoms. The minimum atomic E-state index is -0.663. The topological polar surface area (TPSA) is 79.4 Å². The summed E-state index contributed by atoms with van der Waals surface area (Å²) in [5.41, 5.74) is 9.45. The number of likely N-dealkylation sites (N-methyl/N-ethyl adjacent to an activating group) is 1. The molecule has 1 amide bonds. The minimum absolute atomic E-state index is 0.0336. The van der Waals surface area contributed by atoms with Crippen LogP contribution in [0.15, 0.2) is 12.1 Å². The van der Waals surface area contributed by atoms with Crippen LogP contribution >= 0.6 is 0 Å². The van der Waals surface area contributed by atoms with Gasteiger partial charge in [-0.3, -0.25) is 9.89 Å². The number of aromatic nitrogens is 3. The van der Waals surface area contributed by atoms with Gasteiger partial charge in [0.05, 0.1) is 11.1 Å². The van der Waals surface area contributed by atoms with Gasteiger partial charge in [-0.2, -0.15) is 0 Å². The van der Waals surface area contributed by atoms with Gasteiger partial charge in [0, 0.05) is 29.3 Å². The van der Waals surface area contributed by atoms with Crippen molar-refractivity contribution in [2.75, 3.05) is 19.6 Å². The Morgan fingerprint density at radius 3 is 2.88 bits per heavy atom. The fourth-order valence-electron chi connectivity index (χ4n) is 4.28. The van der Waals surface area contributed by atoms with Crippen LogP contribution in [-0.2, 0) is 5.41 Å². The smallest absolute Gasteiger partial charge is 0.251 e. The predicted molar refractivity (Wildman–Crippen MR) is 94.3 cm³/mol. The number of fused-ring (bicyclic) bond motifs is 3. The standard InChI is InChI=1S/C18H22FN5O/c1-4-23-6-5-18(3,9-23)14-10(2)22-24-15-12(16(20)25)7-11(19)8-13(15)21-17(14)24/h7-8,22H,4-6,9H2,1-3H3,(H2,20,25). The molecule has 3 N–H and O–H groups in total. The zero-order chi connectivity index (χ0) is 17.9. The molecule has 1 saturated heterocycles. The van der Waals surface area contributed by atoms with Crippen molar-refractivity contribution in [3.05, 3.63) is 34.8 Å². The van der Waals surface area contributed by atoms with Crippen molar-refractivity contribution in [3.8, 4) is 0 Å². The van der Waals surface area contributed by atoms with E-state index in [2.05, 4.69) is 28.8 Å². The Balaban J connectivity index is 2.00. The van der Waals surface area contributed by atoms with Crippen molar-refractivity contribution in [2.45, 2.75) is 32.6 Å². The van der Waals surface area contributed by atoms with Gasteiger partial charge in [0.2, 0.25) is 0 Å². The number of aromatic amines is 1. The van der Waals surface area contributed by atoms with E-state index in [1.165, 1.54) is 12.1 Å². The number of rotatable bonds is 3. The third kappa shape index (κ3) is 2.26. The average molecular weight is 343 g/mol. The summed E-state index contributed by atoms with van der Waals surface area (Å²) in [4.78, 5) is 18.9. The summed E-state index contributed by atoms with van der Waals surface area (Å²) in [6.45, 7) is 9.44. The number of amides is 1. The maximum Gasteiger partial charge on any atom is 0.251 e. The largest absolute Gasteiger partial charge is 0.366 e. The number of carbonyl (C=O) groups is 1. The molecule has 4 rings (SSSR count). The first-order valence-corrected chi connectivity index (χ1v) is 8.57. The number of aryl methyl sites for hydroxylation is 1. The van der Waals surface area contributed by atoms with E-state index in [-0.39, 0.29) is 11.0 Å². The molecule has 0 bridgehead atoms. The van der Waals surface area contributed by atoms with Crippen molar-refractivity contribution >= 4 is 22.6 Å². The second-order valence-corrected chi connectivity index (χ2v) is 7.25. The highest BCUT2D eigenvalue weighted by Crippen LogP contribution is 2.39. The van der Waals surface area contributed by atoms with Crippen LogP contribution in [0.1, 0.15) is 41.9 Å². The summed E-state index contributed by atoms with van der Waals surface area (Å²) in [7, 11) is 0. The Bertz CT molecular complexity index is 1000. The molecular weight excluding hydrogens is 321 g/mol. The lowest BCUT2D eigenvalue weighted by atomic mass is 9.81. The summed E-state index contributed by atoms with van der Waals surface area (Å²) in [5.74, 6) is -1.17. The molecule has 2 aromatic heterocycles. The fraction of sp³-hybridized carbons (Fsp3) is 0.444. The molecule has 0 aliphatic carbocycles. The minimum Gasteiger partial charge on any atom is -0.366 e. The first-order chi connectivity index (χ1) is 11.8. The Kier molecular flexibility index (Phi) is 3.40. The molecule has 0 saturated carbocycles. The van der Waals surface area contributed by atoms with Crippen molar-refractivity contribution in [1.82, 2.24) is 19.5 Å². The van der Waals surface area contributed by atoms with E-state index in [0.29, 0.717) is 11.0 Å². The lowest BCUT2D eigenvalue weighted by Crippen LogP contribution is -2.28. The van der Waals surface area contributed by atoms with Crippen LogP contribution in [0.3, 0.4) is 0 Å². The molecule has 1 atom stereocenters. The lowest BCUT2D eigenvalue weighted by molar-refractivity contribution is 0.100. The third-order valence-electron chi connectivity index (χ3n) is 5.46.